The number of fused-ring (bicyclic) bond motifs is 1. The molecular weight excluding hydrogens is 278 g/mol. The molecule has 0 radical (unpaired) electrons. The number of esters is 1. The number of hydrogen-bond acceptors (Lipinski definition) is 4. The Morgan fingerprint density at radius 3 is 3.00 bits per heavy atom. The molecule has 0 aliphatic carbocycles. The molecule has 20 heavy (non-hydrogen) atoms. The van der Waals surface area contributed by atoms with Gasteiger partial charge in [-0.1, -0.05) is 18.5 Å². The fourth-order valence-corrected chi connectivity index (χ4v) is 2.83. The Bertz CT molecular complexity index is 504. The van der Waals surface area contributed by atoms with Crippen molar-refractivity contribution in [3.05, 3.63) is 28.3 Å². The van der Waals surface area contributed by atoms with Crippen molar-refractivity contribution in [1.29, 1.82) is 0 Å². The van der Waals surface area contributed by atoms with E-state index in [-0.39, 0.29) is 17.9 Å². The molecule has 1 aliphatic heterocycles. The normalized spacial score (nSPS) is 16.2. The van der Waals surface area contributed by atoms with Gasteiger partial charge in [-0.15, -0.1) is 0 Å². The Labute approximate surface area is 124 Å². The van der Waals surface area contributed by atoms with E-state index in [1.165, 1.54) is 7.11 Å². The third kappa shape index (κ3) is 3.44. The minimum absolute atomic E-state index is 0.147. The second-order valence-electron chi connectivity index (χ2n) is 5.31. The summed E-state index contributed by atoms with van der Waals surface area (Å²) < 4.78 is 10.3. The molecular formula is C15H20ClNO3. The molecule has 4 nitrogen and oxygen atoms in total. The molecule has 1 aliphatic rings. The number of methoxy groups -OCH3 is 1. The van der Waals surface area contributed by atoms with Crippen LogP contribution in [0.25, 0.3) is 0 Å². The molecule has 0 saturated heterocycles. The first-order chi connectivity index (χ1) is 9.51. The predicted molar refractivity (Wildman–Crippen MR) is 78.0 cm³/mol. The Balaban J connectivity index is 2.10. The maximum absolute atomic E-state index is 11.3. The number of halogens is 1. The number of carbonyl (C=O) groups is 1. The first kappa shape index (κ1) is 15.1. The van der Waals surface area contributed by atoms with Crippen molar-refractivity contribution < 1.29 is 14.3 Å². The lowest BCUT2D eigenvalue weighted by Crippen LogP contribution is -2.17. The lowest BCUT2D eigenvalue weighted by atomic mass is 9.93. The van der Waals surface area contributed by atoms with Crippen LogP contribution in [-0.2, 0) is 16.0 Å². The number of nitrogens with two attached hydrogens (primary N) is 1. The number of benzene rings is 1. The van der Waals surface area contributed by atoms with Gasteiger partial charge < -0.3 is 15.2 Å². The van der Waals surface area contributed by atoms with E-state index in [4.69, 9.17) is 22.1 Å². The highest BCUT2D eigenvalue weighted by Crippen LogP contribution is 2.37. The van der Waals surface area contributed by atoms with Crippen molar-refractivity contribution in [2.75, 3.05) is 13.7 Å². The van der Waals surface area contributed by atoms with Crippen LogP contribution in [0.4, 0.5) is 0 Å². The summed E-state index contributed by atoms with van der Waals surface area (Å²) in [6.07, 6.45) is 1.92. The van der Waals surface area contributed by atoms with E-state index in [1.54, 1.807) is 0 Å². The number of ether oxygens (including phenoxy) is 2. The molecule has 1 aromatic rings. The molecule has 110 valence electrons. The Morgan fingerprint density at radius 1 is 1.55 bits per heavy atom. The second kappa shape index (κ2) is 6.46. The monoisotopic (exact) mass is 297 g/mol. The third-order valence-electron chi connectivity index (χ3n) is 3.58. The second-order valence-corrected chi connectivity index (χ2v) is 5.75. The zero-order chi connectivity index (χ0) is 14.7. The van der Waals surface area contributed by atoms with E-state index in [1.807, 2.05) is 19.1 Å². The third-order valence-corrected chi connectivity index (χ3v) is 3.79. The summed E-state index contributed by atoms with van der Waals surface area (Å²) in [7, 11) is 1.40. The molecule has 0 amide bonds. The number of carbonyl (C=O) groups excluding carboxylic acids is 1. The van der Waals surface area contributed by atoms with Crippen molar-refractivity contribution in [2.24, 2.45) is 11.7 Å². The van der Waals surface area contributed by atoms with Gasteiger partial charge in [0.15, 0.2) is 0 Å². The van der Waals surface area contributed by atoms with Crippen molar-refractivity contribution in [3.63, 3.8) is 0 Å². The molecule has 1 aromatic carbocycles. The Hall–Kier alpha value is -1.26. The summed E-state index contributed by atoms with van der Waals surface area (Å²) in [5, 5.41) is 0.681. The molecule has 0 fully saturated rings. The average molecular weight is 298 g/mol. The fraction of sp³-hybridized carbons (Fsp3) is 0.533. The Morgan fingerprint density at radius 2 is 2.30 bits per heavy atom. The van der Waals surface area contributed by atoms with Gasteiger partial charge in [-0.3, -0.25) is 4.79 Å². The van der Waals surface area contributed by atoms with Crippen molar-refractivity contribution in [3.8, 4) is 5.75 Å². The zero-order valence-electron chi connectivity index (χ0n) is 11.8. The van der Waals surface area contributed by atoms with Gasteiger partial charge in [0.05, 0.1) is 13.7 Å². The van der Waals surface area contributed by atoms with Gasteiger partial charge in [0.1, 0.15) is 5.75 Å². The van der Waals surface area contributed by atoms with Crippen LogP contribution >= 0.6 is 11.6 Å². The van der Waals surface area contributed by atoms with Crippen LogP contribution in [0.15, 0.2) is 12.1 Å². The Kier molecular flexibility index (Phi) is 4.89. The minimum Gasteiger partial charge on any atom is -0.493 e. The lowest BCUT2D eigenvalue weighted by molar-refractivity contribution is -0.141. The molecule has 1 heterocycles. The quantitative estimate of drug-likeness (QED) is 0.849. The van der Waals surface area contributed by atoms with Gasteiger partial charge in [-0.05, 0) is 30.0 Å². The standard InChI is InChI=1S/C15H20ClNO3/c1-9(6-14(18)19-2)5-13(17)12-8-11(16)7-10-3-4-20-15(10)12/h7-9,13H,3-6,17H2,1-2H3. The van der Waals surface area contributed by atoms with E-state index in [0.29, 0.717) is 24.5 Å². The maximum atomic E-state index is 11.3. The van der Waals surface area contributed by atoms with Crippen LogP contribution in [0, 0.1) is 5.92 Å². The van der Waals surface area contributed by atoms with Crippen molar-refractivity contribution in [1.82, 2.24) is 0 Å². The van der Waals surface area contributed by atoms with Crippen LogP contribution < -0.4 is 10.5 Å². The predicted octanol–water partition coefficient (Wildman–Crippen LogP) is 2.86. The van der Waals surface area contributed by atoms with Crippen LogP contribution in [0.2, 0.25) is 5.02 Å². The molecule has 2 atom stereocenters. The van der Waals surface area contributed by atoms with E-state index in [9.17, 15) is 4.79 Å². The van der Waals surface area contributed by atoms with E-state index in [0.717, 1.165) is 23.3 Å². The van der Waals surface area contributed by atoms with Crippen LogP contribution in [0.5, 0.6) is 5.75 Å². The first-order valence-corrected chi connectivity index (χ1v) is 7.16. The molecule has 0 aromatic heterocycles. The van der Waals surface area contributed by atoms with Gasteiger partial charge in [0.2, 0.25) is 0 Å². The molecule has 2 N–H and O–H groups in total. The largest absolute Gasteiger partial charge is 0.493 e. The van der Waals surface area contributed by atoms with Gasteiger partial charge in [0, 0.05) is 29.5 Å². The zero-order valence-corrected chi connectivity index (χ0v) is 12.6. The van der Waals surface area contributed by atoms with Crippen LogP contribution in [0.1, 0.15) is 36.9 Å². The molecule has 5 heteroatoms. The summed E-state index contributed by atoms with van der Waals surface area (Å²) in [6.45, 7) is 2.66. The number of hydrogen-bond donors (Lipinski definition) is 1. The first-order valence-electron chi connectivity index (χ1n) is 6.78. The molecule has 2 unspecified atom stereocenters. The minimum atomic E-state index is -0.211. The SMILES string of the molecule is COC(=O)CC(C)CC(N)c1cc(Cl)cc2c1OCC2. The molecule has 0 saturated carbocycles. The number of rotatable bonds is 5. The molecule has 0 bridgehead atoms. The average Bonchev–Trinajstić information content (AvgIpc) is 2.85. The van der Waals surface area contributed by atoms with Gasteiger partial charge in [0.25, 0.3) is 0 Å². The topological polar surface area (TPSA) is 61.5 Å². The van der Waals surface area contributed by atoms with E-state index >= 15 is 0 Å². The van der Waals surface area contributed by atoms with E-state index in [2.05, 4.69) is 4.74 Å². The van der Waals surface area contributed by atoms with Gasteiger partial charge in [-0.2, -0.15) is 0 Å². The van der Waals surface area contributed by atoms with Crippen molar-refractivity contribution >= 4 is 17.6 Å². The van der Waals surface area contributed by atoms with Crippen molar-refractivity contribution in [2.45, 2.75) is 32.2 Å². The summed E-state index contributed by atoms with van der Waals surface area (Å²) >= 11 is 6.13. The highest BCUT2D eigenvalue weighted by Gasteiger charge is 2.23. The fourth-order valence-electron chi connectivity index (χ4n) is 2.59. The van der Waals surface area contributed by atoms with Crippen LogP contribution in [-0.4, -0.2) is 19.7 Å². The summed E-state index contributed by atoms with van der Waals surface area (Å²) in [5.41, 5.74) is 8.31. The lowest BCUT2D eigenvalue weighted by Gasteiger charge is -2.19. The smallest absolute Gasteiger partial charge is 0.305 e. The summed E-state index contributed by atoms with van der Waals surface area (Å²) in [5.74, 6) is 0.804. The summed E-state index contributed by atoms with van der Waals surface area (Å²) in [6, 6.07) is 3.60. The molecule has 2 rings (SSSR count). The van der Waals surface area contributed by atoms with Crippen LogP contribution in [0.3, 0.4) is 0 Å². The van der Waals surface area contributed by atoms with Gasteiger partial charge >= 0.3 is 5.97 Å². The maximum Gasteiger partial charge on any atom is 0.305 e. The highest BCUT2D eigenvalue weighted by atomic mass is 35.5. The molecule has 0 spiro atoms. The highest BCUT2D eigenvalue weighted by molar-refractivity contribution is 6.30. The van der Waals surface area contributed by atoms with Gasteiger partial charge in [-0.25, -0.2) is 0 Å². The summed E-state index contributed by atoms with van der Waals surface area (Å²) in [4.78, 5) is 11.3. The van der Waals surface area contributed by atoms with E-state index < -0.39 is 0 Å².